The van der Waals surface area contributed by atoms with Gasteiger partial charge in [0.1, 0.15) is 0 Å². The maximum Gasteiger partial charge on any atom is 0.255 e. The zero-order chi connectivity index (χ0) is 13.9. The lowest BCUT2D eigenvalue weighted by atomic mass is 10.1. The quantitative estimate of drug-likeness (QED) is 0.896. The average Bonchev–Trinajstić information content (AvgIpc) is 2.95. The summed E-state index contributed by atoms with van der Waals surface area (Å²) in [5, 5.41) is 6.23. The standard InChI is InChI=1S/C17H18N2O/c1-2-12-3-7-16(8-4-12)19-17(20)13-5-6-14-10-18-11-15(14)9-13/h3-9,18H,2,10-11H2,1H3,(H,19,20). The highest BCUT2D eigenvalue weighted by atomic mass is 16.1. The van der Waals surface area contributed by atoms with Gasteiger partial charge in [0.15, 0.2) is 0 Å². The topological polar surface area (TPSA) is 41.1 Å². The zero-order valence-electron chi connectivity index (χ0n) is 11.6. The largest absolute Gasteiger partial charge is 0.322 e. The maximum absolute atomic E-state index is 12.2. The third kappa shape index (κ3) is 2.58. The number of benzene rings is 2. The van der Waals surface area contributed by atoms with E-state index in [0.29, 0.717) is 5.56 Å². The monoisotopic (exact) mass is 266 g/mol. The molecule has 0 bridgehead atoms. The molecule has 2 N–H and O–H groups in total. The summed E-state index contributed by atoms with van der Waals surface area (Å²) in [5.74, 6) is -0.0519. The number of aryl methyl sites for hydroxylation is 1. The van der Waals surface area contributed by atoms with E-state index < -0.39 is 0 Å². The minimum Gasteiger partial charge on any atom is -0.322 e. The van der Waals surface area contributed by atoms with Crippen LogP contribution in [-0.2, 0) is 19.5 Å². The minimum absolute atomic E-state index is 0.0519. The highest BCUT2D eigenvalue weighted by Crippen LogP contribution is 2.18. The predicted octanol–water partition coefficient (Wildman–Crippen LogP) is 3.10. The molecule has 0 fully saturated rings. The summed E-state index contributed by atoms with van der Waals surface area (Å²) >= 11 is 0. The van der Waals surface area contributed by atoms with E-state index in [0.717, 1.165) is 25.2 Å². The third-order valence-corrected chi connectivity index (χ3v) is 3.72. The molecule has 1 aliphatic heterocycles. The van der Waals surface area contributed by atoms with Crippen molar-refractivity contribution in [3.8, 4) is 0 Å². The Kier molecular flexibility index (Phi) is 3.52. The van der Waals surface area contributed by atoms with E-state index in [9.17, 15) is 4.79 Å². The molecule has 0 saturated carbocycles. The molecule has 0 atom stereocenters. The average molecular weight is 266 g/mol. The van der Waals surface area contributed by atoms with Gasteiger partial charge in [-0.25, -0.2) is 0 Å². The lowest BCUT2D eigenvalue weighted by molar-refractivity contribution is 0.102. The van der Waals surface area contributed by atoms with Crippen LogP contribution in [0.15, 0.2) is 42.5 Å². The number of rotatable bonds is 3. The number of nitrogens with one attached hydrogen (secondary N) is 2. The molecule has 0 unspecified atom stereocenters. The molecule has 0 aromatic heterocycles. The second kappa shape index (κ2) is 5.47. The van der Waals surface area contributed by atoms with E-state index >= 15 is 0 Å². The molecule has 0 saturated heterocycles. The molecule has 3 nitrogen and oxygen atoms in total. The molecule has 20 heavy (non-hydrogen) atoms. The summed E-state index contributed by atoms with van der Waals surface area (Å²) in [6.45, 7) is 3.86. The molecule has 1 amide bonds. The fraction of sp³-hybridized carbons (Fsp3) is 0.235. The SMILES string of the molecule is CCc1ccc(NC(=O)c2ccc3c(c2)CNC3)cc1. The van der Waals surface area contributed by atoms with Crippen molar-refractivity contribution in [1.29, 1.82) is 0 Å². The molecule has 3 rings (SSSR count). The van der Waals surface area contributed by atoms with Crippen LogP contribution in [0, 0.1) is 0 Å². The summed E-state index contributed by atoms with van der Waals surface area (Å²) in [6.07, 6.45) is 1.01. The van der Waals surface area contributed by atoms with Crippen LogP contribution in [0.25, 0.3) is 0 Å². The summed E-state index contributed by atoms with van der Waals surface area (Å²) in [6, 6.07) is 13.9. The van der Waals surface area contributed by atoms with Crippen molar-refractivity contribution in [2.75, 3.05) is 5.32 Å². The molecule has 0 aliphatic carbocycles. The van der Waals surface area contributed by atoms with E-state index in [1.54, 1.807) is 0 Å². The Morgan fingerprint density at radius 1 is 1.10 bits per heavy atom. The van der Waals surface area contributed by atoms with E-state index in [-0.39, 0.29) is 5.91 Å². The fourth-order valence-electron chi connectivity index (χ4n) is 2.46. The first kappa shape index (κ1) is 12.9. The highest BCUT2D eigenvalue weighted by molar-refractivity contribution is 6.04. The number of fused-ring (bicyclic) bond motifs is 1. The van der Waals surface area contributed by atoms with Gasteiger partial charge in [0, 0.05) is 24.3 Å². The lowest BCUT2D eigenvalue weighted by Crippen LogP contribution is -2.12. The van der Waals surface area contributed by atoms with E-state index in [1.165, 1.54) is 16.7 Å². The van der Waals surface area contributed by atoms with Gasteiger partial charge in [-0.1, -0.05) is 25.1 Å². The number of anilines is 1. The summed E-state index contributed by atoms with van der Waals surface area (Å²) in [4.78, 5) is 12.2. The third-order valence-electron chi connectivity index (χ3n) is 3.72. The molecule has 0 radical (unpaired) electrons. The summed E-state index contributed by atoms with van der Waals surface area (Å²) in [7, 11) is 0. The van der Waals surface area contributed by atoms with Crippen LogP contribution in [0.1, 0.15) is 34.0 Å². The van der Waals surface area contributed by atoms with E-state index in [2.05, 4.69) is 17.6 Å². The predicted molar refractivity (Wildman–Crippen MR) is 80.8 cm³/mol. The molecule has 1 heterocycles. The van der Waals surface area contributed by atoms with Crippen LogP contribution in [0.3, 0.4) is 0 Å². The Morgan fingerprint density at radius 2 is 1.85 bits per heavy atom. The molecular formula is C17H18N2O. The van der Waals surface area contributed by atoms with Gasteiger partial charge in [0.25, 0.3) is 5.91 Å². The molecule has 102 valence electrons. The first-order valence-corrected chi connectivity index (χ1v) is 6.99. The molecule has 1 aliphatic rings. The van der Waals surface area contributed by atoms with Gasteiger partial charge in [-0.05, 0) is 47.4 Å². The Morgan fingerprint density at radius 3 is 2.60 bits per heavy atom. The van der Waals surface area contributed by atoms with Gasteiger partial charge in [-0.3, -0.25) is 4.79 Å². The lowest BCUT2D eigenvalue weighted by Gasteiger charge is -2.07. The maximum atomic E-state index is 12.2. The van der Waals surface area contributed by atoms with Crippen molar-refractivity contribution in [3.05, 3.63) is 64.7 Å². The Bertz CT molecular complexity index is 632. The van der Waals surface area contributed by atoms with Gasteiger partial charge >= 0.3 is 0 Å². The second-order valence-corrected chi connectivity index (χ2v) is 5.09. The van der Waals surface area contributed by atoms with Crippen LogP contribution in [0.4, 0.5) is 5.69 Å². The molecule has 3 heteroatoms. The van der Waals surface area contributed by atoms with Crippen LogP contribution in [0.5, 0.6) is 0 Å². The zero-order valence-corrected chi connectivity index (χ0v) is 11.6. The van der Waals surface area contributed by atoms with Crippen molar-refractivity contribution in [2.24, 2.45) is 0 Å². The van der Waals surface area contributed by atoms with Crippen LogP contribution in [0.2, 0.25) is 0 Å². The normalized spacial score (nSPS) is 13.1. The first-order chi connectivity index (χ1) is 9.76. The van der Waals surface area contributed by atoms with Gasteiger partial charge in [-0.2, -0.15) is 0 Å². The molecule has 2 aromatic rings. The van der Waals surface area contributed by atoms with Gasteiger partial charge < -0.3 is 10.6 Å². The molecule has 0 spiro atoms. The van der Waals surface area contributed by atoms with Gasteiger partial charge in [-0.15, -0.1) is 0 Å². The van der Waals surface area contributed by atoms with E-state index in [1.807, 2.05) is 42.5 Å². The Hall–Kier alpha value is -2.13. The minimum atomic E-state index is -0.0519. The van der Waals surface area contributed by atoms with Crippen molar-refractivity contribution >= 4 is 11.6 Å². The highest BCUT2D eigenvalue weighted by Gasteiger charge is 2.13. The number of amides is 1. The van der Waals surface area contributed by atoms with E-state index in [4.69, 9.17) is 0 Å². The molecular weight excluding hydrogens is 248 g/mol. The van der Waals surface area contributed by atoms with Gasteiger partial charge in [0.05, 0.1) is 0 Å². The Balaban J connectivity index is 1.75. The number of carbonyl (C=O) groups excluding carboxylic acids is 1. The van der Waals surface area contributed by atoms with Crippen LogP contribution in [-0.4, -0.2) is 5.91 Å². The molecule has 2 aromatic carbocycles. The van der Waals surface area contributed by atoms with Crippen molar-refractivity contribution in [1.82, 2.24) is 5.32 Å². The smallest absolute Gasteiger partial charge is 0.255 e. The van der Waals surface area contributed by atoms with Crippen molar-refractivity contribution in [2.45, 2.75) is 26.4 Å². The summed E-state index contributed by atoms with van der Waals surface area (Å²) < 4.78 is 0. The number of carbonyl (C=O) groups is 1. The van der Waals surface area contributed by atoms with Crippen molar-refractivity contribution < 1.29 is 4.79 Å². The Labute approximate surface area is 119 Å². The van der Waals surface area contributed by atoms with Crippen LogP contribution >= 0.6 is 0 Å². The number of hydrogen-bond acceptors (Lipinski definition) is 2. The summed E-state index contributed by atoms with van der Waals surface area (Å²) in [5.41, 5.74) is 5.33. The van der Waals surface area contributed by atoms with Gasteiger partial charge in [0.2, 0.25) is 0 Å². The second-order valence-electron chi connectivity index (χ2n) is 5.09. The van der Waals surface area contributed by atoms with Crippen molar-refractivity contribution in [3.63, 3.8) is 0 Å². The fourth-order valence-corrected chi connectivity index (χ4v) is 2.46. The first-order valence-electron chi connectivity index (χ1n) is 6.99. The van der Waals surface area contributed by atoms with Crippen LogP contribution < -0.4 is 10.6 Å². The number of hydrogen-bond donors (Lipinski definition) is 2.